The minimum absolute atomic E-state index is 0.149. The average Bonchev–Trinajstić information content (AvgIpc) is 3.13. The molecule has 1 fully saturated rings. The second-order valence-corrected chi connectivity index (χ2v) is 4.56. The van der Waals surface area contributed by atoms with Crippen molar-refractivity contribution in [1.29, 1.82) is 0 Å². The highest BCUT2D eigenvalue weighted by atomic mass is 16.4. The minimum Gasteiger partial charge on any atom is -0.465 e. The lowest BCUT2D eigenvalue weighted by Crippen LogP contribution is -2.35. The summed E-state index contributed by atoms with van der Waals surface area (Å²) in [7, 11) is 0. The van der Waals surface area contributed by atoms with E-state index in [4.69, 9.17) is 5.11 Å². The van der Waals surface area contributed by atoms with Crippen LogP contribution in [-0.4, -0.2) is 34.3 Å². The summed E-state index contributed by atoms with van der Waals surface area (Å²) in [6.07, 6.45) is 0.508. The van der Waals surface area contributed by atoms with Gasteiger partial charge in [0.05, 0.1) is 12.6 Å². The third-order valence-electron chi connectivity index (χ3n) is 3.02. The number of nitrogens with zero attached hydrogens (tertiary/aromatic N) is 1. The number of amides is 1. The normalized spacial score (nSPS) is 16.5. The fraction of sp³-hybridized carbons (Fsp3) is 0.462. The number of aliphatic hydroxyl groups is 1. The Hall–Kier alpha value is -1.55. The lowest BCUT2D eigenvalue weighted by atomic mass is 10.1. The van der Waals surface area contributed by atoms with E-state index in [-0.39, 0.29) is 6.54 Å². The Balaban J connectivity index is 1.94. The molecule has 2 rings (SSSR count). The number of hydrogen-bond donors (Lipinski definition) is 2. The van der Waals surface area contributed by atoms with Crippen molar-refractivity contribution in [2.45, 2.75) is 18.9 Å². The fourth-order valence-corrected chi connectivity index (χ4v) is 1.83. The molecule has 0 spiro atoms. The van der Waals surface area contributed by atoms with E-state index in [9.17, 15) is 9.90 Å². The molecular formula is C13H17NO3. The highest BCUT2D eigenvalue weighted by Crippen LogP contribution is 2.30. The van der Waals surface area contributed by atoms with Crippen LogP contribution in [0, 0.1) is 5.92 Å². The lowest BCUT2D eigenvalue weighted by molar-refractivity contribution is 0.0946. The van der Waals surface area contributed by atoms with Crippen LogP contribution in [0.1, 0.15) is 24.5 Å². The molecule has 1 aliphatic rings. The van der Waals surface area contributed by atoms with Crippen LogP contribution in [0.4, 0.5) is 4.79 Å². The van der Waals surface area contributed by atoms with Crippen LogP contribution in [-0.2, 0) is 0 Å². The summed E-state index contributed by atoms with van der Waals surface area (Å²) in [6.45, 7) is 0.690. The fourth-order valence-electron chi connectivity index (χ4n) is 1.83. The molecule has 1 atom stereocenters. The molecule has 0 aromatic heterocycles. The Morgan fingerprint density at radius 1 is 1.35 bits per heavy atom. The Labute approximate surface area is 100 Å². The molecule has 0 saturated heterocycles. The SMILES string of the molecule is O=C(O)N(CC1CC1)C[C@H](O)c1ccccc1. The van der Waals surface area contributed by atoms with E-state index in [2.05, 4.69) is 0 Å². The molecule has 17 heavy (non-hydrogen) atoms. The quantitative estimate of drug-likeness (QED) is 0.821. The molecule has 0 radical (unpaired) electrons. The molecule has 0 aliphatic heterocycles. The summed E-state index contributed by atoms with van der Waals surface area (Å²) in [5.41, 5.74) is 0.759. The topological polar surface area (TPSA) is 60.8 Å². The van der Waals surface area contributed by atoms with Gasteiger partial charge in [-0.25, -0.2) is 4.79 Å². The molecule has 1 aliphatic carbocycles. The van der Waals surface area contributed by atoms with Crippen LogP contribution in [0.3, 0.4) is 0 Å². The number of aliphatic hydroxyl groups excluding tert-OH is 1. The maximum Gasteiger partial charge on any atom is 0.407 e. The summed E-state index contributed by atoms with van der Waals surface area (Å²) in [5, 5.41) is 19.0. The van der Waals surface area contributed by atoms with Crippen LogP contribution in [0.2, 0.25) is 0 Å². The predicted octanol–water partition coefficient (Wildman–Crippen LogP) is 2.11. The van der Waals surface area contributed by atoms with Crippen molar-refractivity contribution in [3.8, 4) is 0 Å². The van der Waals surface area contributed by atoms with Crippen molar-refractivity contribution in [3.05, 3.63) is 35.9 Å². The molecule has 0 bridgehead atoms. The molecule has 0 heterocycles. The Bertz CT molecular complexity index is 376. The van der Waals surface area contributed by atoms with Gasteiger partial charge in [-0.05, 0) is 24.3 Å². The van der Waals surface area contributed by atoms with E-state index in [1.807, 2.05) is 30.3 Å². The number of benzene rings is 1. The van der Waals surface area contributed by atoms with Crippen molar-refractivity contribution < 1.29 is 15.0 Å². The summed E-state index contributed by atoms with van der Waals surface area (Å²) < 4.78 is 0. The Morgan fingerprint density at radius 2 is 2.00 bits per heavy atom. The van der Waals surface area contributed by atoms with Gasteiger partial charge >= 0.3 is 6.09 Å². The van der Waals surface area contributed by atoms with Crippen molar-refractivity contribution in [1.82, 2.24) is 4.90 Å². The highest BCUT2D eigenvalue weighted by Gasteiger charge is 2.27. The standard InChI is InChI=1S/C13H17NO3/c15-12(11-4-2-1-3-5-11)9-14(13(16)17)8-10-6-7-10/h1-5,10,12,15H,6-9H2,(H,16,17)/t12-/m0/s1. The van der Waals surface area contributed by atoms with Crippen molar-refractivity contribution in [3.63, 3.8) is 0 Å². The maximum atomic E-state index is 11.0. The summed E-state index contributed by atoms with van der Waals surface area (Å²) in [6, 6.07) is 9.16. The number of rotatable bonds is 5. The molecule has 1 saturated carbocycles. The van der Waals surface area contributed by atoms with Crippen LogP contribution in [0.5, 0.6) is 0 Å². The first kappa shape index (κ1) is 11.9. The van der Waals surface area contributed by atoms with Crippen LogP contribution < -0.4 is 0 Å². The second-order valence-electron chi connectivity index (χ2n) is 4.56. The van der Waals surface area contributed by atoms with E-state index in [1.165, 1.54) is 4.90 Å². The van der Waals surface area contributed by atoms with E-state index >= 15 is 0 Å². The summed E-state index contributed by atoms with van der Waals surface area (Å²) in [4.78, 5) is 12.4. The van der Waals surface area contributed by atoms with Gasteiger partial charge in [0.15, 0.2) is 0 Å². The smallest absolute Gasteiger partial charge is 0.407 e. The van der Waals surface area contributed by atoms with E-state index in [0.717, 1.165) is 18.4 Å². The molecule has 1 aromatic rings. The molecule has 4 nitrogen and oxygen atoms in total. The average molecular weight is 235 g/mol. The molecule has 2 N–H and O–H groups in total. The molecule has 1 amide bonds. The first-order valence-electron chi connectivity index (χ1n) is 5.87. The van der Waals surface area contributed by atoms with Gasteiger partial charge in [-0.1, -0.05) is 30.3 Å². The first-order valence-corrected chi connectivity index (χ1v) is 5.87. The Morgan fingerprint density at radius 3 is 2.53 bits per heavy atom. The largest absolute Gasteiger partial charge is 0.465 e. The van der Waals surface area contributed by atoms with Gasteiger partial charge in [-0.3, -0.25) is 0 Å². The second kappa shape index (κ2) is 5.19. The highest BCUT2D eigenvalue weighted by molar-refractivity contribution is 5.65. The maximum absolute atomic E-state index is 11.0. The van der Waals surface area contributed by atoms with Crippen molar-refractivity contribution in [2.75, 3.05) is 13.1 Å². The van der Waals surface area contributed by atoms with Crippen LogP contribution in [0.15, 0.2) is 30.3 Å². The molecule has 0 unspecified atom stereocenters. The summed E-state index contributed by atoms with van der Waals surface area (Å²) >= 11 is 0. The monoisotopic (exact) mass is 235 g/mol. The zero-order valence-corrected chi connectivity index (χ0v) is 9.62. The van der Waals surface area contributed by atoms with Gasteiger partial charge in [0.25, 0.3) is 0 Å². The first-order chi connectivity index (χ1) is 8.16. The van der Waals surface area contributed by atoms with Gasteiger partial charge in [0, 0.05) is 6.54 Å². The third-order valence-corrected chi connectivity index (χ3v) is 3.02. The van der Waals surface area contributed by atoms with Crippen molar-refractivity contribution >= 4 is 6.09 Å². The molecule has 92 valence electrons. The predicted molar refractivity (Wildman–Crippen MR) is 63.7 cm³/mol. The minimum atomic E-state index is -0.952. The van der Waals surface area contributed by atoms with Crippen LogP contribution in [0.25, 0.3) is 0 Å². The van der Waals surface area contributed by atoms with Crippen LogP contribution >= 0.6 is 0 Å². The van der Waals surface area contributed by atoms with Gasteiger partial charge in [0.1, 0.15) is 0 Å². The third kappa shape index (κ3) is 3.46. The summed E-state index contributed by atoms with van der Waals surface area (Å²) in [5.74, 6) is 0.495. The van der Waals surface area contributed by atoms with Gasteiger partial charge < -0.3 is 15.1 Å². The van der Waals surface area contributed by atoms with E-state index in [1.54, 1.807) is 0 Å². The zero-order valence-electron chi connectivity index (χ0n) is 9.62. The zero-order chi connectivity index (χ0) is 12.3. The van der Waals surface area contributed by atoms with E-state index < -0.39 is 12.2 Å². The Kier molecular flexibility index (Phi) is 3.64. The van der Waals surface area contributed by atoms with E-state index in [0.29, 0.717) is 12.5 Å². The molecular weight excluding hydrogens is 218 g/mol. The van der Waals surface area contributed by atoms with Gasteiger partial charge in [-0.15, -0.1) is 0 Å². The van der Waals surface area contributed by atoms with Gasteiger partial charge in [0.2, 0.25) is 0 Å². The van der Waals surface area contributed by atoms with Gasteiger partial charge in [-0.2, -0.15) is 0 Å². The number of carbonyl (C=O) groups is 1. The number of carboxylic acid groups (broad SMARTS) is 1. The number of hydrogen-bond acceptors (Lipinski definition) is 2. The molecule has 4 heteroatoms. The lowest BCUT2D eigenvalue weighted by Gasteiger charge is -2.22. The van der Waals surface area contributed by atoms with Crippen molar-refractivity contribution in [2.24, 2.45) is 5.92 Å². The molecule has 1 aromatic carbocycles.